The Hall–Kier alpha value is -1.79. The van der Waals surface area contributed by atoms with Crippen molar-refractivity contribution >= 4 is 0 Å². The SMILES string of the molecule is C=C(CNCCc1c2c(cc3c1CC(C)CC3)CCC(C)C2)N1CCCC1C#N. The first-order valence-electron chi connectivity index (χ1n) is 11.8. The molecule has 1 aliphatic heterocycles. The van der Waals surface area contributed by atoms with Crippen LogP contribution >= 0.6 is 0 Å². The number of likely N-dealkylation sites (tertiary alicyclic amines) is 1. The first kappa shape index (κ1) is 20.5. The molecule has 3 atom stereocenters. The highest BCUT2D eigenvalue weighted by Gasteiger charge is 2.26. The van der Waals surface area contributed by atoms with Crippen LogP contribution in [0.3, 0.4) is 0 Å². The van der Waals surface area contributed by atoms with E-state index in [0.717, 1.165) is 56.4 Å². The maximum absolute atomic E-state index is 9.32. The molecule has 1 aromatic carbocycles. The van der Waals surface area contributed by atoms with Gasteiger partial charge in [-0.25, -0.2) is 0 Å². The number of rotatable bonds is 6. The Morgan fingerprint density at radius 3 is 2.41 bits per heavy atom. The van der Waals surface area contributed by atoms with Gasteiger partial charge in [-0.2, -0.15) is 5.26 Å². The van der Waals surface area contributed by atoms with Crippen LogP contribution in [0, 0.1) is 23.2 Å². The molecule has 4 rings (SSSR count). The second-order valence-corrected chi connectivity index (χ2v) is 9.80. The number of nitrogens with one attached hydrogen (secondary N) is 1. The monoisotopic (exact) mass is 391 g/mol. The Labute approximate surface area is 177 Å². The van der Waals surface area contributed by atoms with Crippen molar-refractivity contribution in [1.82, 2.24) is 10.2 Å². The molecule has 3 unspecified atom stereocenters. The first-order chi connectivity index (χ1) is 14.1. The first-order valence-corrected chi connectivity index (χ1v) is 11.8. The van der Waals surface area contributed by atoms with Gasteiger partial charge in [0.25, 0.3) is 0 Å². The van der Waals surface area contributed by atoms with Gasteiger partial charge in [0.1, 0.15) is 6.04 Å². The molecule has 1 saturated heterocycles. The summed E-state index contributed by atoms with van der Waals surface area (Å²) in [7, 11) is 0. The van der Waals surface area contributed by atoms with Crippen molar-refractivity contribution in [3.63, 3.8) is 0 Å². The molecule has 1 heterocycles. The number of aryl methyl sites for hydroxylation is 2. The molecule has 0 bridgehead atoms. The third-order valence-corrected chi connectivity index (χ3v) is 7.46. The molecule has 1 fully saturated rings. The van der Waals surface area contributed by atoms with Crippen LogP contribution in [0.15, 0.2) is 18.3 Å². The molecular weight excluding hydrogens is 354 g/mol. The van der Waals surface area contributed by atoms with E-state index in [2.05, 4.69) is 42.8 Å². The molecule has 1 aromatic rings. The minimum atomic E-state index is 0.0282. The summed E-state index contributed by atoms with van der Waals surface area (Å²) in [4.78, 5) is 2.20. The van der Waals surface area contributed by atoms with Crippen molar-refractivity contribution in [1.29, 1.82) is 5.26 Å². The Balaban J connectivity index is 1.44. The molecule has 0 aromatic heterocycles. The van der Waals surface area contributed by atoms with E-state index in [1.807, 2.05) is 0 Å². The minimum Gasteiger partial charge on any atom is -0.358 e. The summed E-state index contributed by atoms with van der Waals surface area (Å²) in [5, 5.41) is 13.0. The fourth-order valence-electron chi connectivity index (χ4n) is 5.74. The van der Waals surface area contributed by atoms with E-state index in [1.54, 1.807) is 27.8 Å². The second kappa shape index (κ2) is 8.92. The zero-order valence-electron chi connectivity index (χ0n) is 18.4. The number of nitriles is 1. The van der Waals surface area contributed by atoms with E-state index >= 15 is 0 Å². The van der Waals surface area contributed by atoms with Gasteiger partial charge in [-0.15, -0.1) is 0 Å². The number of nitrogens with zero attached hydrogens (tertiary/aromatic N) is 2. The summed E-state index contributed by atoms with van der Waals surface area (Å²) in [6, 6.07) is 5.02. The Morgan fingerprint density at radius 2 is 1.79 bits per heavy atom. The third-order valence-electron chi connectivity index (χ3n) is 7.46. The Kier molecular flexibility index (Phi) is 6.30. The fraction of sp³-hybridized carbons (Fsp3) is 0.654. The van der Waals surface area contributed by atoms with Gasteiger partial charge in [0.05, 0.1) is 6.07 Å². The van der Waals surface area contributed by atoms with Crippen LogP contribution in [-0.4, -0.2) is 30.6 Å². The minimum absolute atomic E-state index is 0.0282. The van der Waals surface area contributed by atoms with Crippen molar-refractivity contribution in [2.75, 3.05) is 19.6 Å². The molecule has 0 radical (unpaired) electrons. The van der Waals surface area contributed by atoms with Gasteiger partial charge in [0.2, 0.25) is 0 Å². The largest absolute Gasteiger partial charge is 0.358 e. The topological polar surface area (TPSA) is 39.1 Å². The maximum Gasteiger partial charge on any atom is 0.116 e. The quantitative estimate of drug-likeness (QED) is 0.722. The van der Waals surface area contributed by atoms with Gasteiger partial charge < -0.3 is 10.2 Å². The predicted octanol–water partition coefficient (Wildman–Crippen LogP) is 4.57. The standard InChI is InChI=1S/C26H37N3/c1-18-6-8-21-15-22-9-7-19(2)14-26(22)24(25(21)13-18)10-11-28-17-20(3)29-12-4-5-23(29)16-27/h15,18-19,23,28H,3-14,17H2,1-2H3. The lowest BCUT2D eigenvalue weighted by molar-refractivity contribution is 0.361. The van der Waals surface area contributed by atoms with Crippen LogP contribution in [0.25, 0.3) is 0 Å². The van der Waals surface area contributed by atoms with Gasteiger partial charge >= 0.3 is 0 Å². The second-order valence-electron chi connectivity index (χ2n) is 9.80. The van der Waals surface area contributed by atoms with Crippen LogP contribution in [0.4, 0.5) is 0 Å². The Morgan fingerprint density at radius 1 is 1.14 bits per heavy atom. The van der Waals surface area contributed by atoms with E-state index in [1.165, 1.54) is 38.5 Å². The zero-order chi connectivity index (χ0) is 20.4. The molecule has 0 spiro atoms. The third kappa shape index (κ3) is 4.38. The van der Waals surface area contributed by atoms with Gasteiger partial charge in [0.15, 0.2) is 0 Å². The molecule has 0 saturated carbocycles. The summed E-state index contributed by atoms with van der Waals surface area (Å²) in [6.07, 6.45) is 10.9. The van der Waals surface area contributed by atoms with Crippen molar-refractivity contribution in [3.05, 3.63) is 46.2 Å². The van der Waals surface area contributed by atoms with E-state index in [-0.39, 0.29) is 6.04 Å². The number of hydrogen-bond donors (Lipinski definition) is 1. The van der Waals surface area contributed by atoms with Crippen LogP contribution in [0.1, 0.15) is 67.3 Å². The number of benzene rings is 1. The summed E-state index contributed by atoms with van der Waals surface area (Å²) in [5.74, 6) is 1.62. The Bertz CT molecular complexity index is 765. The normalized spacial score (nSPS) is 26.0. The van der Waals surface area contributed by atoms with Crippen LogP contribution in [0.5, 0.6) is 0 Å². The average molecular weight is 392 g/mol. The van der Waals surface area contributed by atoms with Gasteiger partial charge in [-0.3, -0.25) is 0 Å². The lowest BCUT2D eigenvalue weighted by atomic mass is 9.74. The van der Waals surface area contributed by atoms with Gasteiger partial charge in [-0.05, 0) is 104 Å². The van der Waals surface area contributed by atoms with Gasteiger partial charge in [0, 0.05) is 18.8 Å². The number of fused-ring (bicyclic) bond motifs is 2. The maximum atomic E-state index is 9.32. The molecule has 0 amide bonds. The van der Waals surface area contributed by atoms with Crippen molar-refractivity contribution in [3.8, 4) is 6.07 Å². The average Bonchev–Trinajstić information content (AvgIpc) is 3.20. The highest BCUT2D eigenvalue weighted by molar-refractivity contribution is 5.49. The van der Waals surface area contributed by atoms with Crippen molar-refractivity contribution < 1.29 is 0 Å². The smallest absolute Gasteiger partial charge is 0.116 e. The van der Waals surface area contributed by atoms with Crippen LogP contribution in [0.2, 0.25) is 0 Å². The molecular formula is C26H37N3. The van der Waals surface area contributed by atoms with Gasteiger partial charge in [-0.1, -0.05) is 26.5 Å². The fourth-order valence-corrected chi connectivity index (χ4v) is 5.74. The van der Waals surface area contributed by atoms with Crippen LogP contribution in [-0.2, 0) is 32.1 Å². The summed E-state index contributed by atoms with van der Waals surface area (Å²) < 4.78 is 0. The number of hydrogen-bond acceptors (Lipinski definition) is 3. The lowest BCUT2D eigenvalue weighted by Crippen LogP contribution is -2.33. The molecule has 3 nitrogen and oxygen atoms in total. The van der Waals surface area contributed by atoms with E-state index in [0.29, 0.717) is 0 Å². The van der Waals surface area contributed by atoms with Crippen molar-refractivity contribution in [2.24, 2.45) is 11.8 Å². The summed E-state index contributed by atoms with van der Waals surface area (Å²) >= 11 is 0. The molecule has 3 heteroatoms. The molecule has 1 N–H and O–H groups in total. The lowest BCUT2D eigenvalue weighted by Gasteiger charge is -2.32. The zero-order valence-corrected chi connectivity index (χ0v) is 18.4. The molecule has 156 valence electrons. The van der Waals surface area contributed by atoms with E-state index in [4.69, 9.17) is 0 Å². The highest BCUT2D eigenvalue weighted by Crippen LogP contribution is 2.36. The highest BCUT2D eigenvalue weighted by atomic mass is 15.2. The summed E-state index contributed by atoms with van der Waals surface area (Å²) in [6.45, 7) is 11.9. The van der Waals surface area contributed by atoms with E-state index in [9.17, 15) is 5.26 Å². The summed E-state index contributed by atoms with van der Waals surface area (Å²) in [5.41, 5.74) is 9.40. The van der Waals surface area contributed by atoms with Crippen LogP contribution < -0.4 is 5.32 Å². The van der Waals surface area contributed by atoms with E-state index < -0.39 is 0 Å². The van der Waals surface area contributed by atoms with Crippen molar-refractivity contribution in [2.45, 2.75) is 77.7 Å². The molecule has 29 heavy (non-hydrogen) atoms. The molecule has 2 aliphatic carbocycles. The predicted molar refractivity (Wildman–Crippen MR) is 120 cm³/mol. The molecule has 3 aliphatic rings.